The van der Waals surface area contributed by atoms with Gasteiger partial charge in [0.15, 0.2) is 0 Å². The van der Waals surface area contributed by atoms with E-state index in [1.54, 1.807) is 0 Å². The van der Waals surface area contributed by atoms with Crippen LogP contribution in [-0.4, -0.2) is 23.2 Å². The molecule has 21 heavy (non-hydrogen) atoms. The largest absolute Gasteiger partial charge is 0.388 e. The molecule has 0 bridgehead atoms. The quantitative estimate of drug-likeness (QED) is 0.875. The van der Waals surface area contributed by atoms with Crippen LogP contribution in [0.2, 0.25) is 0 Å². The number of carbonyl (C=O) groups excluding carboxylic acids is 1. The van der Waals surface area contributed by atoms with E-state index >= 15 is 0 Å². The van der Waals surface area contributed by atoms with Crippen molar-refractivity contribution in [1.29, 1.82) is 0 Å². The van der Waals surface area contributed by atoms with Crippen molar-refractivity contribution in [3.63, 3.8) is 0 Å². The van der Waals surface area contributed by atoms with Gasteiger partial charge in [-0.2, -0.15) is 0 Å². The van der Waals surface area contributed by atoms with Gasteiger partial charge in [0.05, 0.1) is 5.60 Å². The van der Waals surface area contributed by atoms with Crippen LogP contribution in [0.3, 0.4) is 0 Å². The van der Waals surface area contributed by atoms with Gasteiger partial charge in [-0.25, -0.2) is 0 Å². The van der Waals surface area contributed by atoms with E-state index in [-0.39, 0.29) is 11.3 Å². The topological polar surface area (TPSA) is 49.3 Å². The molecule has 0 aliphatic heterocycles. The van der Waals surface area contributed by atoms with Crippen molar-refractivity contribution in [2.24, 2.45) is 0 Å². The number of benzene rings is 1. The molecule has 1 fully saturated rings. The zero-order chi connectivity index (χ0) is 15.5. The lowest BCUT2D eigenvalue weighted by molar-refractivity contribution is -0.123. The predicted molar refractivity (Wildman–Crippen MR) is 85.3 cm³/mol. The highest BCUT2D eigenvalue weighted by Gasteiger charge is 2.34. The van der Waals surface area contributed by atoms with Gasteiger partial charge in [-0.15, -0.1) is 0 Å². The highest BCUT2D eigenvalue weighted by atomic mass is 16.3. The number of rotatable bonds is 5. The molecule has 2 N–H and O–H groups in total. The second-order valence-electron chi connectivity index (χ2n) is 7.30. The van der Waals surface area contributed by atoms with Crippen molar-refractivity contribution >= 4 is 5.91 Å². The second kappa shape index (κ2) is 6.18. The summed E-state index contributed by atoms with van der Waals surface area (Å²) in [7, 11) is 0. The van der Waals surface area contributed by atoms with Gasteiger partial charge in [0, 0.05) is 13.0 Å². The summed E-state index contributed by atoms with van der Waals surface area (Å²) in [5.74, 6) is 0.0234. The standard InChI is InChI=1S/C18H27NO2/c1-17(2,3)15-8-5-14(6-9-15)7-10-16(20)19-13-18(21)11-4-12-18/h5-6,8-9,21H,4,7,10-13H2,1-3H3,(H,19,20). The maximum atomic E-state index is 11.8. The van der Waals surface area contributed by atoms with Crippen LogP contribution in [0.25, 0.3) is 0 Å². The molecule has 116 valence electrons. The van der Waals surface area contributed by atoms with Gasteiger partial charge < -0.3 is 10.4 Å². The fourth-order valence-electron chi connectivity index (χ4n) is 2.54. The van der Waals surface area contributed by atoms with E-state index < -0.39 is 5.60 Å². The normalized spacial score (nSPS) is 17.1. The van der Waals surface area contributed by atoms with Gasteiger partial charge in [-0.3, -0.25) is 4.79 Å². The summed E-state index contributed by atoms with van der Waals surface area (Å²) >= 11 is 0. The number of amides is 1. The third-order valence-electron chi connectivity index (χ3n) is 4.36. The van der Waals surface area contributed by atoms with Gasteiger partial charge in [0.1, 0.15) is 0 Å². The maximum absolute atomic E-state index is 11.8. The molecular formula is C18H27NO2. The van der Waals surface area contributed by atoms with Crippen LogP contribution in [0.1, 0.15) is 57.6 Å². The number of aliphatic hydroxyl groups is 1. The summed E-state index contributed by atoms with van der Waals surface area (Å²) in [5, 5.41) is 12.8. The van der Waals surface area contributed by atoms with E-state index in [0.717, 1.165) is 25.7 Å². The molecule has 0 radical (unpaired) electrons. The van der Waals surface area contributed by atoms with Crippen molar-refractivity contribution in [1.82, 2.24) is 5.32 Å². The highest BCUT2D eigenvalue weighted by molar-refractivity contribution is 5.76. The Morgan fingerprint density at radius 3 is 2.33 bits per heavy atom. The Morgan fingerprint density at radius 1 is 1.24 bits per heavy atom. The molecule has 1 amide bonds. The summed E-state index contributed by atoms with van der Waals surface area (Å²) in [4.78, 5) is 11.8. The second-order valence-corrected chi connectivity index (χ2v) is 7.30. The first-order valence-corrected chi connectivity index (χ1v) is 7.87. The van der Waals surface area contributed by atoms with Crippen LogP contribution in [-0.2, 0) is 16.6 Å². The molecule has 0 heterocycles. The fourth-order valence-corrected chi connectivity index (χ4v) is 2.54. The number of aryl methyl sites for hydroxylation is 1. The molecule has 1 aromatic rings. The van der Waals surface area contributed by atoms with Crippen LogP contribution in [0, 0.1) is 0 Å². The van der Waals surface area contributed by atoms with Gasteiger partial charge in [-0.05, 0) is 42.2 Å². The average Bonchev–Trinajstić information content (AvgIpc) is 2.40. The first-order valence-electron chi connectivity index (χ1n) is 7.87. The smallest absolute Gasteiger partial charge is 0.220 e. The zero-order valence-electron chi connectivity index (χ0n) is 13.4. The number of carbonyl (C=O) groups is 1. The summed E-state index contributed by atoms with van der Waals surface area (Å²) in [6, 6.07) is 8.50. The number of nitrogens with one attached hydrogen (secondary N) is 1. The Kier molecular flexibility index (Phi) is 4.72. The van der Waals surface area contributed by atoms with Gasteiger partial charge in [0.25, 0.3) is 0 Å². The molecule has 2 rings (SSSR count). The number of hydrogen-bond acceptors (Lipinski definition) is 2. The third-order valence-corrected chi connectivity index (χ3v) is 4.36. The van der Waals surface area contributed by atoms with E-state index in [1.807, 2.05) is 0 Å². The first kappa shape index (κ1) is 16.0. The number of hydrogen-bond donors (Lipinski definition) is 2. The minimum Gasteiger partial charge on any atom is -0.388 e. The lowest BCUT2D eigenvalue weighted by atomic mass is 9.80. The van der Waals surface area contributed by atoms with Gasteiger partial charge >= 0.3 is 0 Å². The van der Waals surface area contributed by atoms with Gasteiger partial charge in [-0.1, -0.05) is 45.0 Å². The van der Waals surface area contributed by atoms with Crippen LogP contribution in [0.5, 0.6) is 0 Å². The average molecular weight is 289 g/mol. The van der Waals surface area contributed by atoms with Crippen LogP contribution in [0.15, 0.2) is 24.3 Å². The molecular weight excluding hydrogens is 262 g/mol. The lowest BCUT2D eigenvalue weighted by Gasteiger charge is -2.36. The molecule has 0 spiro atoms. The van der Waals surface area contributed by atoms with Gasteiger partial charge in [0.2, 0.25) is 5.91 Å². The zero-order valence-corrected chi connectivity index (χ0v) is 13.4. The third kappa shape index (κ3) is 4.57. The van der Waals surface area contributed by atoms with Crippen molar-refractivity contribution in [2.45, 2.75) is 63.9 Å². The minimum absolute atomic E-state index is 0.0234. The van der Waals surface area contributed by atoms with E-state index in [2.05, 4.69) is 50.4 Å². The molecule has 3 nitrogen and oxygen atoms in total. The maximum Gasteiger partial charge on any atom is 0.220 e. The van der Waals surface area contributed by atoms with Crippen LogP contribution >= 0.6 is 0 Å². The summed E-state index contributed by atoms with van der Waals surface area (Å²) in [6.45, 7) is 6.98. The SMILES string of the molecule is CC(C)(C)c1ccc(CCC(=O)NCC2(O)CCC2)cc1. The minimum atomic E-state index is -0.635. The monoisotopic (exact) mass is 289 g/mol. The highest BCUT2D eigenvalue weighted by Crippen LogP contribution is 2.30. The van der Waals surface area contributed by atoms with Crippen molar-refractivity contribution in [2.75, 3.05) is 6.54 Å². The molecule has 1 aliphatic carbocycles. The van der Waals surface area contributed by atoms with Crippen LogP contribution in [0.4, 0.5) is 0 Å². The molecule has 1 aliphatic rings. The molecule has 1 saturated carbocycles. The molecule has 0 unspecified atom stereocenters. The van der Waals surface area contributed by atoms with E-state index in [4.69, 9.17) is 0 Å². The van der Waals surface area contributed by atoms with Crippen molar-refractivity contribution in [3.05, 3.63) is 35.4 Å². The van der Waals surface area contributed by atoms with Crippen molar-refractivity contribution < 1.29 is 9.90 Å². The Labute approximate surface area is 127 Å². The Hall–Kier alpha value is -1.35. The molecule has 0 aromatic heterocycles. The summed E-state index contributed by atoms with van der Waals surface area (Å²) in [5.41, 5.74) is 2.02. The lowest BCUT2D eigenvalue weighted by Crippen LogP contribution is -2.47. The Balaban J connectivity index is 1.76. The molecule has 1 aromatic carbocycles. The first-order chi connectivity index (χ1) is 9.78. The van der Waals surface area contributed by atoms with Crippen LogP contribution < -0.4 is 5.32 Å². The Morgan fingerprint density at radius 2 is 1.86 bits per heavy atom. The van der Waals surface area contributed by atoms with E-state index in [0.29, 0.717) is 13.0 Å². The summed E-state index contributed by atoms with van der Waals surface area (Å²) < 4.78 is 0. The van der Waals surface area contributed by atoms with E-state index in [9.17, 15) is 9.90 Å². The Bertz CT molecular complexity index is 481. The molecule has 0 saturated heterocycles. The molecule has 3 heteroatoms. The van der Waals surface area contributed by atoms with Crippen molar-refractivity contribution in [3.8, 4) is 0 Å². The predicted octanol–water partition coefficient (Wildman–Crippen LogP) is 2.95. The summed E-state index contributed by atoms with van der Waals surface area (Å²) in [6.07, 6.45) is 3.90. The van der Waals surface area contributed by atoms with E-state index in [1.165, 1.54) is 11.1 Å². The fraction of sp³-hybridized carbons (Fsp3) is 0.611. The molecule has 0 atom stereocenters.